The van der Waals surface area contributed by atoms with Gasteiger partial charge < -0.3 is 26.0 Å². The molecule has 2 atom stereocenters. The number of carboxylic acids is 1. The molecule has 1 aromatic rings. The SMILES string of the molecule is Cn1nc(C(=O)O)nc1SCC1=CN2C(=O)[C@@H](N)[C@H]2SC1.O=C(O)O. The molecule has 25 heavy (non-hydrogen) atoms. The summed E-state index contributed by atoms with van der Waals surface area (Å²) in [6.07, 6.45) is 0.00827. The summed E-state index contributed by atoms with van der Waals surface area (Å²) in [4.78, 5) is 36.6. The number of nitrogens with zero attached hydrogens (tertiary/aromatic N) is 4. The van der Waals surface area contributed by atoms with Crippen LogP contribution in [0, 0.1) is 0 Å². The lowest BCUT2D eigenvalue weighted by Crippen LogP contribution is -2.66. The highest BCUT2D eigenvalue weighted by Gasteiger charge is 2.46. The van der Waals surface area contributed by atoms with Crippen LogP contribution in [0.3, 0.4) is 0 Å². The van der Waals surface area contributed by atoms with Crippen molar-refractivity contribution in [3.05, 3.63) is 17.6 Å². The third kappa shape index (κ3) is 4.43. The van der Waals surface area contributed by atoms with Gasteiger partial charge in [0.15, 0.2) is 5.16 Å². The summed E-state index contributed by atoms with van der Waals surface area (Å²) in [6.45, 7) is 0. The van der Waals surface area contributed by atoms with Crippen molar-refractivity contribution in [3.63, 3.8) is 0 Å². The molecule has 1 amide bonds. The van der Waals surface area contributed by atoms with Gasteiger partial charge in [-0.25, -0.2) is 14.3 Å². The van der Waals surface area contributed by atoms with Gasteiger partial charge in [0.1, 0.15) is 11.4 Å². The molecule has 0 aromatic carbocycles. The Morgan fingerprint density at radius 1 is 1.44 bits per heavy atom. The number of amides is 1. The lowest BCUT2D eigenvalue weighted by molar-refractivity contribution is -0.140. The lowest BCUT2D eigenvalue weighted by atomic mass is 10.1. The Morgan fingerprint density at radius 3 is 2.64 bits per heavy atom. The number of carbonyl (C=O) groups is 3. The van der Waals surface area contributed by atoms with Crippen LogP contribution in [-0.2, 0) is 11.8 Å². The largest absolute Gasteiger partial charge is 0.503 e. The molecule has 1 fully saturated rings. The first-order valence-electron chi connectivity index (χ1n) is 6.78. The molecule has 0 bridgehead atoms. The maximum absolute atomic E-state index is 11.6. The molecule has 5 N–H and O–H groups in total. The van der Waals surface area contributed by atoms with E-state index >= 15 is 0 Å². The van der Waals surface area contributed by atoms with Gasteiger partial charge in [0.05, 0.1) is 0 Å². The van der Waals surface area contributed by atoms with E-state index in [0.29, 0.717) is 10.9 Å². The summed E-state index contributed by atoms with van der Waals surface area (Å²) in [5.41, 5.74) is 6.80. The number of hydrogen-bond donors (Lipinski definition) is 4. The summed E-state index contributed by atoms with van der Waals surface area (Å²) in [7, 11) is 1.65. The molecule has 11 nitrogen and oxygen atoms in total. The molecular weight excluding hydrogens is 374 g/mol. The van der Waals surface area contributed by atoms with E-state index in [1.807, 2.05) is 6.20 Å². The average Bonchev–Trinajstić information content (AvgIpc) is 2.92. The molecule has 2 aliphatic heterocycles. The molecule has 0 aliphatic carbocycles. The van der Waals surface area contributed by atoms with Gasteiger partial charge in [-0.3, -0.25) is 4.79 Å². The van der Waals surface area contributed by atoms with Crippen LogP contribution >= 0.6 is 23.5 Å². The monoisotopic (exact) mass is 389 g/mol. The maximum Gasteiger partial charge on any atom is 0.503 e. The smallest absolute Gasteiger partial charge is 0.475 e. The van der Waals surface area contributed by atoms with Crippen molar-refractivity contribution in [1.82, 2.24) is 19.7 Å². The predicted molar refractivity (Wildman–Crippen MR) is 88.5 cm³/mol. The molecule has 13 heteroatoms. The number of hydrogen-bond acceptors (Lipinski definition) is 8. The number of nitrogens with two attached hydrogens (primary N) is 1. The van der Waals surface area contributed by atoms with Crippen LogP contribution in [0.25, 0.3) is 0 Å². The first-order valence-corrected chi connectivity index (χ1v) is 8.82. The Hall–Kier alpha value is -2.25. The van der Waals surface area contributed by atoms with E-state index < -0.39 is 18.2 Å². The van der Waals surface area contributed by atoms with E-state index in [1.165, 1.54) is 16.4 Å². The number of carbonyl (C=O) groups excluding carboxylic acids is 1. The Bertz CT molecular complexity index is 732. The first-order chi connectivity index (χ1) is 11.7. The summed E-state index contributed by atoms with van der Waals surface area (Å²) in [6, 6.07) is -0.391. The summed E-state index contributed by atoms with van der Waals surface area (Å²) in [5, 5.41) is 27.2. The minimum absolute atomic E-state index is 0.0541. The van der Waals surface area contributed by atoms with Gasteiger partial charge in [-0.15, -0.1) is 16.9 Å². The molecule has 3 heterocycles. The minimum Gasteiger partial charge on any atom is -0.475 e. The second-order valence-corrected chi connectivity index (χ2v) is 7.03. The Morgan fingerprint density at radius 2 is 2.08 bits per heavy atom. The van der Waals surface area contributed by atoms with E-state index in [9.17, 15) is 9.59 Å². The lowest BCUT2D eigenvalue weighted by Gasteiger charge is -2.45. The van der Waals surface area contributed by atoms with Crippen molar-refractivity contribution in [3.8, 4) is 0 Å². The van der Waals surface area contributed by atoms with Gasteiger partial charge in [0.2, 0.25) is 5.91 Å². The molecule has 0 unspecified atom stereocenters. The molecule has 0 saturated carbocycles. The van der Waals surface area contributed by atoms with Crippen molar-refractivity contribution >= 4 is 41.6 Å². The van der Waals surface area contributed by atoms with E-state index in [0.717, 1.165) is 11.3 Å². The van der Waals surface area contributed by atoms with Crippen molar-refractivity contribution in [1.29, 1.82) is 0 Å². The fourth-order valence-electron chi connectivity index (χ4n) is 2.08. The Kier molecular flexibility index (Phi) is 5.92. The van der Waals surface area contributed by atoms with Crippen molar-refractivity contribution in [2.24, 2.45) is 12.8 Å². The molecule has 136 valence electrons. The normalized spacial score (nSPS) is 21.4. The topological polar surface area (TPSA) is 172 Å². The fourth-order valence-corrected chi connectivity index (χ4v) is 4.29. The number of carboxylic acid groups (broad SMARTS) is 3. The quantitative estimate of drug-likeness (QED) is 0.402. The second kappa shape index (κ2) is 7.76. The summed E-state index contributed by atoms with van der Waals surface area (Å²) < 4.78 is 1.44. The summed E-state index contributed by atoms with van der Waals surface area (Å²) in [5.74, 6) is 0.0220. The third-order valence-electron chi connectivity index (χ3n) is 3.18. The number of fused-ring (bicyclic) bond motifs is 1. The minimum atomic E-state index is -1.83. The molecule has 0 radical (unpaired) electrons. The van der Waals surface area contributed by atoms with Crippen LogP contribution in [0.2, 0.25) is 0 Å². The molecule has 0 spiro atoms. The number of aryl methyl sites for hydroxylation is 1. The van der Waals surface area contributed by atoms with Crippen molar-refractivity contribution in [2.45, 2.75) is 16.6 Å². The Balaban J connectivity index is 0.000000511. The molecule has 2 aliphatic rings. The number of aromatic carboxylic acids is 1. The molecule has 3 rings (SSSR count). The van der Waals surface area contributed by atoms with Crippen LogP contribution in [0.15, 0.2) is 16.9 Å². The van der Waals surface area contributed by atoms with Gasteiger partial charge in [0.25, 0.3) is 5.82 Å². The van der Waals surface area contributed by atoms with Crippen LogP contribution in [0.1, 0.15) is 10.6 Å². The zero-order chi connectivity index (χ0) is 18.7. The average molecular weight is 389 g/mol. The number of thioether (sulfide) groups is 2. The highest BCUT2D eigenvalue weighted by molar-refractivity contribution is 8.01. The molecule has 1 aromatic heterocycles. The van der Waals surface area contributed by atoms with Crippen LogP contribution in [-0.4, -0.2) is 75.9 Å². The van der Waals surface area contributed by atoms with Gasteiger partial charge in [-0.1, -0.05) is 11.8 Å². The van der Waals surface area contributed by atoms with Crippen molar-refractivity contribution < 1.29 is 29.7 Å². The zero-order valence-electron chi connectivity index (χ0n) is 12.9. The van der Waals surface area contributed by atoms with Crippen molar-refractivity contribution in [2.75, 3.05) is 11.5 Å². The fraction of sp³-hybridized carbons (Fsp3) is 0.417. The van der Waals surface area contributed by atoms with E-state index in [2.05, 4.69) is 10.1 Å². The number of β-lactam (4-membered cyclic amide) rings is 1. The van der Waals surface area contributed by atoms with Crippen LogP contribution in [0.4, 0.5) is 4.79 Å². The maximum atomic E-state index is 11.6. The van der Waals surface area contributed by atoms with E-state index in [-0.39, 0.29) is 17.1 Å². The zero-order valence-corrected chi connectivity index (χ0v) is 14.5. The van der Waals surface area contributed by atoms with Gasteiger partial charge >= 0.3 is 12.1 Å². The molecular formula is C12H15N5O6S2. The van der Waals surface area contributed by atoms with E-state index in [4.69, 9.17) is 25.8 Å². The first kappa shape index (κ1) is 19.1. The second-order valence-electron chi connectivity index (χ2n) is 4.98. The van der Waals surface area contributed by atoms with E-state index in [1.54, 1.807) is 23.7 Å². The van der Waals surface area contributed by atoms with Crippen LogP contribution < -0.4 is 5.73 Å². The molecule has 1 saturated heterocycles. The van der Waals surface area contributed by atoms with Crippen LogP contribution in [0.5, 0.6) is 0 Å². The highest BCUT2D eigenvalue weighted by Crippen LogP contribution is 2.36. The predicted octanol–water partition coefficient (Wildman–Crippen LogP) is -0.0459. The third-order valence-corrected chi connectivity index (χ3v) is 5.71. The highest BCUT2D eigenvalue weighted by atomic mass is 32.2. The summed E-state index contributed by atoms with van der Waals surface area (Å²) >= 11 is 3.04. The standard InChI is InChI=1S/C11H13N5O3S2.CH2O3/c1-15-11(13-7(14-15)10(18)19)21-4-5-2-16-8(17)6(12)9(16)20-3-5;2-1(3)4/h2,6,9H,3-4,12H2,1H3,(H,18,19);(H2,2,3,4)/t6-,9-;/m1./s1. The number of rotatable bonds is 4. The number of aromatic nitrogens is 3. The van der Waals surface area contributed by atoms with Gasteiger partial charge in [-0.2, -0.15) is 4.98 Å². The van der Waals surface area contributed by atoms with Gasteiger partial charge in [0, 0.05) is 24.8 Å². The Labute approximate surface area is 149 Å². The van der Waals surface area contributed by atoms with Gasteiger partial charge in [-0.05, 0) is 5.57 Å².